The fourth-order valence-corrected chi connectivity index (χ4v) is 15.7. The number of aliphatic hydroxyl groups excluding tert-OH is 2. The minimum absolute atomic E-state index is 0.0105. The first-order valence-electron chi connectivity index (χ1n) is 28.5. The largest absolute Gasteiger partial charge is 0.462 e. The topological polar surface area (TPSA) is 265 Å². The molecule has 0 spiro atoms. The number of fused-ring (bicyclic) bond motifs is 5. The summed E-state index contributed by atoms with van der Waals surface area (Å²) < 4.78 is 86.8. The van der Waals surface area contributed by atoms with Gasteiger partial charge in [-0.2, -0.15) is 0 Å². The number of hydrogen-bond acceptors (Lipinski definition) is 21. The van der Waals surface area contributed by atoms with Crippen LogP contribution in [-0.2, 0) is 75.9 Å². The monoisotopic (exact) mass is 1100 g/mol. The van der Waals surface area contributed by atoms with Crippen LogP contribution in [0.3, 0.4) is 0 Å². The molecule has 0 aromatic carbocycles. The first-order valence-corrected chi connectivity index (χ1v) is 28.5. The highest BCUT2D eigenvalue weighted by Crippen LogP contribution is 2.72. The molecule has 21 nitrogen and oxygen atoms in total. The van der Waals surface area contributed by atoms with E-state index < -0.39 is 162 Å². The third-order valence-electron chi connectivity index (χ3n) is 20.1. The van der Waals surface area contributed by atoms with Crippen LogP contribution in [0.1, 0.15) is 146 Å². The van der Waals surface area contributed by atoms with Gasteiger partial charge in [0, 0.05) is 61.0 Å². The number of esters is 2. The molecule has 21 heteroatoms. The van der Waals surface area contributed by atoms with E-state index in [0.717, 1.165) is 0 Å². The Bertz CT molecular complexity index is 2000. The van der Waals surface area contributed by atoms with Gasteiger partial charge in [0.2, 0.25) is 0 Å². The van der Waals surface area contributed by atoms with Gasteiger partial charge in [-0.05, 0) is 109 Å². The Labute approximate surface area is 455 Å². The molecule has 0 aromatic rings. The number of ether oxygens (including phenoxy) is 14. The van der Waals surface area contributed by atoms with Crippen LogP contribution in [0, 0.1) is 28.6 Å². The van der Waals surface area contributed by atoms with Gasteiger partial charge in [0.1, 0.15) is 60.0 Å². The molecular formula is C56H94O21. The third kappa shape index (κ3) is 11.2. The molecule has 4 saturated heterocycles. The summed E-state index contributed by atoms with van der Waals surface area (Å²) >= 11 is 0. The van der Waals surface area contributed by atoms with Crippen molar-refractivity contribution in [1.29, 1.82) is 0 Å². The standard InChI is InChI=1S/C56H94O21/c1-27(2)21-41(58)74-40-26-39-52(9)17-16-35(22-34(52)15-18-55(39,62)56(63)20-19-54(61,53(40,56)10)32(7)72-33(8)57)73-42-23-36(64-11)47(29(4)68-42)75-43-24-37(65-12)48(30(5)69-43)76-44-25-38(66-13)49(31(6)70-44)77-51-46(60)50(67-14)45(59)28(3)71-51/h27-32,34-40,42-51,59-63H,15-26H2,1-14H3/t28-,29+,30+,31+,32-,34-,35+,36+,37+,38+,39+,40+,42-,43-,44-,45-,46-,47+,48+,49+,50+,51+,52+,53+,54-,55-,56-/m0/s1. The Morgan fingerprint density at radius 1 is 0.610 bits per heavy atom. The second-order valence-electron chi connectivity index (χ2n) is 24.8. The smallest absolute Gasteiger partial charge is 0.306 e. The average Bonchev–Trinajstić information content (AvgIpc) is 3.60. The summed E-state index contributed by atoms with van der Waals surface area (Å²) in [7, 11) is 6.26. The number of carbonyl (C=O) groups excluding carboxylic acids is 2. The molecule has 4 saturated carbocycles. The number of carbonyl (C=O) groups is 2. The van der Waals surface area contributed by atoms with E-state index >= 15 is 0 Å². The molecule has 8 aliphatic rings. The minimum Gasteiger partial charge on any atom is -0.462 e. The van der Waals surface area contributed by atoms with Gasteiger partial charge in [-0.1, -0.05) is 27.7 Å². The predicted octanol–water partition coefficient (Wildman–Crippen LogP) is 3.98. The highest BCUT2D eigenvalue weighted by Gasteiger charge is 2.82. The van der Waals surface area contributed by atoms with Crippen LogP contribution in [0.25, 0.3) is 0 Å². The molecule has 444 valence electrons. The molecule has 8 fully saturated rings. The van der Waals surface area contributed by atoms with E-state index in [9.17, 15) is 35.1 Å². The Hall–Kier alpha value is -1.74. The van der Waals surface area contributed by atoms with E-state index in [2.05, 4.69) is 6.92 Å². The summed E-state index contributed by atoms with van der Waals surface area (Å²) in [6.45, 7) is 18.0. The summed E-state index contributed by atoms with van der Waals surface area (Å²) in [5, 5.41) is 60.3. The van der Waals surface area contributed by atoms with Gasteiger partial charge >= 0.3 is 11.9 Å². The summed E-state index contributed by atoms with van der Waals surface area (Å²) in [4.78, 5) is 25.8. The second-order valence-corrected chi connectivity index (χ2v) is 24.8. The minimum atomic E-state index is -1.87. The van der Waals surface area contributed by atoms with Crippen molar-refractivity contribution in [3.63, 3.8) is 0 Å². The number of hydrogen-bond donors (Lipinski definition) is 5. The van der Waals surface area contributed by atoms with Gasteiger partial charge in [0.05, 0.1) is 59.8 Å². The van der Waals surface area contributed by atoms with E-state index in [1.807, 2.05) is 34.6 Å². The van der Waals surface area contributed by atoms with Crippen LogP contribution in [-0.4, -0.2) is 206 Å². The average molecular weight is 1100 g/mol. The van der Waals surface area contributed by atoms with Crippen molar-refractivity contribution < 1.29 is 101 Å². The van der Waals surface area contributed by atoms with Gasteiger partial charge in [-0.3, -0.25) is 9.59 Å². The lowest BCUT2D eigenvalue weighted by atomic mass is 9.40. The molecule has 0 bridgehead atoms. The van der Waals surface area contributed by atoms with Crippen LogP contribution in [0.2, 0.25) is 0 Å². The third-order valence-corrected chi connectivity index (χ3v) is 20.1. The molecular weight excluding hydrogens is 1010 g/mol. The highest BCUT2D eigenvalue weighted by atomic mass is 16.8. The lowest BCUT2D eigenvalue weighted by Crippen LogP contribution is -2.79. The number of aliphatic hydroxyl groups is 5. The zero-order valence-corrected chi connectivity index (χ0v) is 48.0. The van der Waals surface area contributed by atoms with E-state index in [1.165, 1.54) is 14.0 Å². The summed E-state index contributed by atoms with van der Waals surface area (Å²) in [6, 6.07) is 0. The Morgan fingerprint density at radius 2 is 1.14 bits per heavy atom. The van der Waals surface area contributed by atoms with Gasteiger partial charge in [0.25, 0.3) is 0 Å². The van der Waals surface area contributed by atoms with Gasteiger partial charge in [-0.15, -0.1) is 0 Å². The Balaban J connectivity index is 0.870. The first-order chi connectivity index (χ1) is 36.2. The molecule has 0 unspecified atom stereocenters. The van der Waals surface area contributed by atoms with Crippen LogP contribution in [0.5, 0.6) is 0 Å². The molecule has 4 aliphatic heterocycles. The van der Waals surface area contributed by atoms with Crippen molar-refractivity contribution in [2.24, 2.45) is 28.6 Å². The van der Waals surface area contributed by atoms with Crippen molar-refractivity contribution in [2.45, 2.75) is 286 Å². The maximum Gasteiger partial charge on any atom is 0.306 e. The van der Waals surface area contributed by atoms with Crippen LogP contribution in [0.15, 0.2) is 0 Å². The lowest BCUT2D eigenvalue weighted by molar-refractivity contribution is -0.356. The zero-order chi connectivity index (χ0) is 56.3. The van der Waals surface area contributed by atoms with Crippen LogP contribution in [0.4, 0.5) is 0 Å². The van der Waals surface area contributed by atoms with E-state index in [1.54, 1.807) is 42.1 Å². The summed E-state index contributed by atoms with van der Waals surface area (Å²) in [5.74, 6) is -1.40. The molecule has 8 rings (SSSR count). The van der Waals surface area contributed by atoms with Crippen molar-refractivity contribution in [2.75, 3.05) is 28.4 Å². The highest BCUT2D eigenvalue weighted by molar-refractivity contribution is 5.70. The molecule has 77 heavy (non-hydrogen) atoms. The van der Waals surface area contributed by atoms with E-state index in [0.29, 0.717) is 44.9 Å². The van der Waals surface area contributed by atoms with Crippen molar-refractivity contribution in [3.8, 4) is 0 Å². The van der Waals surface area contributed by atoms with Crippen molar-refractivity contribution in [1.82, 2.24) is 0 Å². The fraction of sp³-hybridized carbons (Fsp3) is 0.964. The SMILES string of the molecule is CO[C@H]1[C@H](O)[C@@H](O[C@@H]2[C@@H](C)O[C@@H](O[C@@H]3[C@@H](C)O[C@@H](O[C@@H]4[C@@H](C)O[C@@H](O[C@@H]5CC[C@]6(C)[C@@H](CC[C@]7(O)[C@@H]6C[C@@H](OC(=O)CC(C)C)[C@@]6(C)[C@@]7(O)CC[C@]6(O)[C@H](C)OC(C)=O)C5)C[C@H]4OC)C[C@H]3OC)C[C@H]2OC)O[C@@H](C)[C@@H]1O. The zero-order valence-electron chi connectivity index (χ0n) is 48.0. The van der Waals surface area contributed by atoms with Gasteiger partial charge < -0.3 is 91.8 Å². The second kappa shape index (κ2) is 23.9. The van der Waals surface area contributed by atoms with Crippen molar-refractivity contribution >= 4 is 11.9 Å². The quantitative estimate of drug-likeness (QED) is 0.102. The molecule has 4 aliphatic carbocycles. The maximum atomic E-state index is 13.5. The van der Waals surface area contributed by atoms with Crippen molar-refractivity contribution in [3.05, 3.63) is 0 Å². The van der Waals surface area contributed by atoms with Gasteiger partial charge in [-0.25, -0.2) is 0 Å². The molecule has 27 atom stereocenters. The summed E-state index contributed by atoms with van der Waals surface area (Å²) in [6.07, 6.45) is -9.11. The first kappa shape index (κ1) is 61.3. The Kier molecular flexibility index (Phi) is 19.0. The molecule has 5 N–H and O–H groups in total. The van der Waals surface area contributed by atoms with E-state index in [-0.39, 0.29) is 50.0 Å². The normalized spacial score (nSPS) is 50.5. The van der Waals surface area contributed by atoms with Crippen LogP contribution >= 0.6 is 0 Å². The Morgan fingerprint density at radius 3 is 1.65 bits per heavy atom. The number of rotatable bonds is 17. The van der Waals surface area contributed by atoms with Crippen LogP contribution < -0.4 is 0 Å². The predicted molar refractivity (Wildman–Crippen MR) is 271 cm³/mol. The van der Waals surface area contributed by atoms with E-state index in [4.69, 9.17) is 66.3 Å². The van der Waals surface area contributed by atoms with Gasteiger partial charge in [0.15, 0.2) is 25.2 Å². The molecule has 0 radical (unpaired) electrons. The molecule has 0 aromatic heterocycles. The summed E-state index contributed by atoms with van der Waals surface area (Å²) in [5.41, 5.74) is -7.33. The number of methoxy groups -OCH3 is 4. The maximum absolute atomic E-state index is 13.5. The molecule has 4 heterocycles. The fourth-order valence-electron chi connectivity index (χ4n) is 15.7. The molecule has 0 amide bonds. The lowest BCUT2D eigenvalue weighted by Gasteiger charge is -2.69.